The molecule has 0 bridgehead atoms. The summed E-state index contributed by atoms with van der Waals surface area (Å²) in [5, 5.41) is 11.5. The number of hydrogen-bond donors (Lipinski definition) is 1. The number of aryl methyl sites for hydroxylation is 2. The summed E-state index contributed by atoms with van der Waals surface area (Å²) in [4.78, 5) is 4.24. The lowest BCUT2D eigenvalue weighted by Crippen LogP contribution is -2.10. The van der Waals surface area contributed by atoms with Crippen molar-refractivity contribution in [1.29, 1.82) is 0 Å². The Balaban J connectivity index is 1.74. The fraction of sp³-hybridized carbons (Fsp3) is 0.227. The molecule has 0 saturated heterocycles. The SMILES string of the molecule is Cc1nccn1Cc1c(O)c(Br)cc2c1cc(CS(=O)(=O)Cc1ccccc1)n2C. The van der Waals surface area contributed by atoms with E-state index in [1.807, 2.05) is 71.8 Å². The molecular weight excluding hydrogens is 466 g/mol. The zero-order chi connectivity index (χ0) is 21.5. The van der Waals surface area contributed by atoms with E-state index in [0.717, 1.165) is 27.9 Å². The second kappa shape index (κ2) is 7.92. The summed E-state index contributed by atoms with van der Waals surface area (Å²) in [6, 6.07) is 12.9. The Labute approximate surface area is 183 Å². The van der Waals surface area contributed by atoms with Gasteiger partial charge in [0, 0.05) is 41.6 Å². The number of benzene rings is 2. The Bertz CT molecular complexity index is 1320. The highest BCUT2D eigenvalue weighted by atomic mass is 79.9. The summed E-state index contributed by atoms with van der Waals surface area (Å²) < 4.78 is 30.1. The average Bonchev–Trinajstić information content (AvgIpc) is 3.23. The molecule has 2 aromatic heterocycles. The fourth-order valence-electron chi connectivity index (χ4n) is 3.69. The smallest absolute Gasteiger partial charge is 0.160 e. The van der Waals surface area contributed by atoms with Crippen LogP contribution < -0.4 is 0 Å². The molecule has 30 heavy (non-hydrogen) atoms. The highest BCUT2D eigenvalue weighted by molar-refractivity contribution is 9.10. The Morgan fingerprint density at radius 3 is 2.53 bits per heavy atom. The zero-order valence-corrected chi connectivity index (χ0v) is 19.1. The highest BCUT2D eigenvalue weighted by Gasteiger charge is 2.20. The van der Waals surface area contributed by atoms with Crippen LogP contribution in [0.1, 0.15) is 22.6 Å². The first-order valence-electron chi connectivity index (χ1n) is 9.46. The van der Waals surface area contributed by atoms with Crippen molar-refractivity contribution >= 4 is 36.7 Å². The van der Waals surface area contributed by atoms with E-state index in [2.05, 4.69) is 20.9 Å². The standard InChI is InChI=1S/C22H22BrN3O3S/c1-15-24-8-9-26(15)12-19-18-10-17(25(2)21(18)11-20(23)22(19)27)14-30(28,29)13-16-6-4-3-5-7-16/h3-11,27H,12-14H2,1-2H3. The third-order valence-electron chi connectivity index (χ3n) is 5.33. The van der Waals surface area contributed by atoms with Crippen molar-refractivity contribution in [1.82, 2.24) is 14.1 Å². The van der Waals surface area contributed by atoms with Crippen molar-refractivity contribution in [3.05, 3.63) is 82.0 Å². The van der Waals surface area contributed by atoms with Gasteiger partial charge in [0.25, 0.3) is 0 Å². The molecule has 0 fully saturated rings. The molecule has 156 valence electrons. The van der Waals surface area contributed by atoms with E-state index in [9.17, 15) is 13.5 Å². The van der Waals surface area contributed by atoms with Crippen molar-refractivity contribution in [2.24, 2.45) is 7.05 Å². The number of sulfone groups is 1. The van der Waals surface area contributed by atoms with Crippen LogP contribution in [-0.2, 0) is 34.9 Å². The van der Waals surface area contributed by atoms with Gasteiger partial charge >= 0.3 is 0 Å². The van der Waals surface area contributed by atoms with E-state index in [-0.39, 0.29) is 17.3 Å². The number of rotatable bonds is 6. The number of hydrogen-bond acceptors (Lipinski definition) is 4. The van der Waals surface area contributed by atoms with Gasteiger partial charge in [-0.3, -0.25) is 0 Å². The molecule has 6 nitrogen and oxygen atoms in total. The molecule has 4 rings (SSSR count). The van der Waals surface area contributed by atoms with E-state index < -0.39 is 9.84 Å². The largest absolute Gasteiger partial charge is 0.506 e. The van der Waals surface area contributed by atoms with Crippen LogP contribution in [0, 0.1) is 6.92 Å². The molecule has 0 amide bonds. The maximum atomic E-state index is 12.8. The first-order chi connectivity index (χ1) is 14.2. The van der Waals surface area contributed by atoms with Gasteiger partial charge in [0.05, 0.1) is 22.5 Å². The topological polar surface area (TPSA) is 77.1 Å². The summed E-state index contributed by atoms with van der Waals surface area (Å²) in [5.41, 5.74) is 3.04. The third kappa shape index (κ3) is 4.02. The molecule has 0 unspecified atom stereocenters. The molecule has 0 aliphatic rings. The summed E-state index contributed by atoms with van der Waals surface area (Å²) in [6.45, 7) is 2.34. The molecular formula is C22H22BrN3O3S. The normalized spacial score (nSPS) is 12.0. The van der Waals surface area contributed by atoms with E-state index in [4.69, 9.17) is 0 Å². The van der Waals surface area contributed by atoms with Crippen LogP contribution in [0.25, 0.3) is 10.9 Å². The average molecular weight is 488 g/mol. The maximum Gasteiger partial charge on any atom is 0.160 e. The van der Waals surface area contributed by atoms with Gasteiger partial charge in [0.1, 0.15) is 11.6 Å². The van der Waals surface area contributed by atoms with Crippen molar-refractivity contribution in [3.8, 4) is 5.75 Å². The van der Waals surface area contributed by atoms with Gasteiger partial charge in [-0.05, 0) is 40.5 Å². The Morgan fingerprint density at radius 1 is 1.13 bits per heavy atom. The van der Waals surface area contributed by atoms with E-state index in [1.165, 1.54) is 0 Å². The number of halogens is 1. The van der Waals surface area contributed by atoms with Crippen LogP contribution in [0.2, 0.25) is 0 Å². The summed E-state index contributed by atoms with van der Waals surface area (Å²) in [5.74, 6) is 0.907. The molecule has 0 atom stereocenters. The molecule has 1 N–H and O–H groups in total. The minimum atomic E-state index is -3.36. The first kappa shape index (κ1) is 20.7. The molecule has 0 radical (unpaired) electrons. The number of imidazole rings is 1. The van der Waals surface area contributed by atoms with E-state index >= 15 is 0 Å². The van der Waals surface area contributed by atoms with Gasteiger partial charge in [-0.2, -0.15) is 0 Å². The number of fused-ring (bicyclic) bond motifs is 1. The number of phenolic OH excluding ortho intramolecular Hbond substituents is 1. The molecule has 2 heterocycles. The predicted molar refractivity (Wildman–Crippen MR) is 121 cm³/mol. The number of aromatic nitrogens is 3. The molecule has 4 aromatic rings. The van der Waals surface area contributed by atoms with Gasteiger partial charge in [-0.15, -0.1) is 0 Å². The number of nitrogens with zero attached hydrogens (tertiary/aromatic N) is 3. The molecule has 2 aromatic carbocycles. The Morgan fingerprint density at radius 2 is 1.87 bits per heavy atom. The van der Waals surface area contributed by atoms with Crippen molar-refractivity contribution < 1.29 is 13.5 Å². The molecule has 0 spiro atoms. The van der Waals surface area contributed by atoms with Crippen LogP contribution >= 0.6 is 15.9 Å². The molecule has 0 saturated carbocycles. The van der Waals surface area contributed by atoms with Gasteiger partial charge in [0.2, 0.25) is 0 Å². The van der Waals surface area contributed by atoms with Crippen LogP contribution in [0.15, 0.2) is 59.3 Å². The third-order valence-corrected chi connectivity index (χ3v) is 7.44. The van der Waals surface area contributed by atoms with Gasteiger partial charge in [-0.1, -0.05) is 30.3 Å². The minimum Gasteiger partial charge on any atom is -0.506 e. The van der Waals surface area contributed by atoms with E-state index in [1.54, 1.807) is 6.20 Å². The lowest BCUT2D eigenvalue weighted by Gasteiger charge is -2.11. The Kier molecular flexibility index (Phi) is 5.46. The van der Waals surface area contributed by atoms with Crippen molar-refractivity contribution in [2.45, 2.75) is 25.0 Å². The van der Waals surface area contributed by atoms with Gasteiger partial charge in [-0.25, -0.2) is 13.4 Å². The second-order valence-electron chi connectivity index (χ2n) is 7.43. The maximum absolute atomic E-state index is 12.8. The second-order valence-corrected chi connectivity index (χ2v) is 10.4. The van der Waals surface area contributed by atoms with Gasteiger partial charge < -0.3 is 14.2 Å². The van der Waals surface area contributed by atoms with Crippen LogP contribution in [0.4, 0.5) is 0 Å². The summed E-state index contributed by atoms with van der Waals surface area (Å²) >= 11 is 3.43. The summed E-state index contributed by atoms with van der Waals surface area (Å²) in [7, 11) is -1.51. The zero-order valence-electron chi connectivity index (χ0n) is 16.7. The summed E-state index contributed by atoms with van der Waals surface area (Å²) in [6.07, 6.45) is 3.57. The lowest BCUT2D eigenvalue weighted by molar-refractivity contribution is 0.463. The quantitative estimate of drug-likeness (QED) is 0.439. The first-order valence-corrected chi connectivity index (χ1v) is 12.1. The molecule has 0 aliphatic heterocycles. The molecule has 0 aliphatic carbocycles. The highest BCUT2D eigenvalue weighted by Crippen LogP contribution is 2.37. The monoisotopic (exact) mass is 487 g/mol. The van der Waals surface area contributed by atoms with E-state index in [0.29, 0.717) is 16.7 Å². The van der Waals surface area contributed by atoms with Gasteiger partial charge in [0.15, 0.2) is 9.84 Å². The van der Waals surface area contributed by atoms with Crippen LogP contribution in [0.3, 0.4) is 0 Å². The lowest BCUT2D eigenvalue weighted by atomic mass is 10.1. The van der Waals surface area contributed by atoms with Crippen LogP contribution in [-0.4, -0.2) is 27.6 Å². The number of phenols is 1. The Hall–Kier alpha value is -2.58. The minimum absolute atomic E-state index is 0.00853. The van der Waals surface area contributed by atoms with Crippen molar-refractivity contribution in [3.63, 3.8) is 0 Å². The predicted octanol–water partition coefficient (Wildman–Crippen LogP) is 4.31. The fourth-order valence-corrected chi connectivity index (χ4v) is 5.68. The van der Waals surface area contributed by atoms with Crippen molar-refractivity contribution in [2.75, 3.05) is 0 Å². The van der Waals surface area contributed by atoms with Crippen LogP contribution in [0.5, 0.6) is 5.75 Å². The molecule has 8 heteroatoms. The number of aromatic hydroxyl groups is 1.